The van der Waals surface area contributed by atoms with Gasteiger partial charge in [-0.3, -0.25) is 4.79 Å². The zero-order valence-corrected chi connectivity index (χ0v) is 16.9. The van der Waals surface area contributed by atoms with E-state index in [4.69, 9.17) is 0 Å². The summed E-state index contributed by atoms with van der Waals surface area (Å²) in [6.45, 7) is 10.1. The molecule has 1 N–H and O–H groups in total. The van der Waals surface area contributed by atoms with Crippen LogP contribution in [0.25, 0.3) is 0 Å². The van der Waals surface area contributed by atoms with Crippen LogP contribution in [0.1, 0.15) is 51.2 Å². The standard InChI is InChI=1S/C18H26BrNO2S/c1-13-6-8-16(9-7-13)15(3)11-17(21)10-14(2)12-20-23(22)18(4,5)19/h6-10,15,20H,11-12H2,1-5H3/b14-10+/t15-,23?/m0/s1. The smallest absolute Gasteiger partial charge is 0.192 e. The second-order valence-electron chi connectivity index (χ2n) is 6.43. The number of carbonyl (C=O) groups is 1. The molecular formula is C18H26BrNO2S. The Morgan fingerprint density at radius 3 is 2.48 bits per heavy atom. The lowest BCUT2D eigenvalue weighted by Gasteiger charge is -2.21. The van der Waals surface area contributed by atoms with E-state index in [1.165, 1.54) is 11.1 Å². The number of allylic oxidation sites excluding steroid dienone is 1. The first-order chi connectivity index (χ1) is 10.6. The molecule has 2 atom stereocenters. The van der Waals surface area contributed by atoms with E-state index >= 15 is 0 Å². The van der Waals surface area contributed by atoms with Gasteiger partial charge in [-0.1, -0.05) is 42.3 Å². The number of rotatable bonds is 8. The van der Waals surface area contributed by atoms with Crippen LogP contribution in [0.15, 0.2) is 35.9 Å². The number of hydrogen-bond acceptors (Lipinski definition) is 3. The van der Waals surface area contributed by atoms with Gasteiger partial charge in [-0.2, -0.15) is 0 Å². The number of ketones is 1. The maximum Gasteiger partial charge on any atom is 0.192 e. The van der Waals surface area contributed by atoms with Gasteiger partial charge in [0.2, 0.25) is 0 Å². The lowest BCUT2D eigenvalue weighted by atomic mass is 9.94. The van der Waals surface area contributed by atoms with Crippen molar-refractivity contribution >= 4 is 33.1 Å². The average Bonchev–Trinajstić information content (AvgIpc) is 2.44. The van der Waals surface area contributed by atoms with Crippen molar-refractivity contribution in [2.45, 2.75) is 50.6 Å². The second kappa shape index (κ2) is 9.02. The predicted molar refractivity (Wildman–Crippen MR) is 102 cm³/mol. The molecule has 1 aromatic rings. The van der Waals surface area contributed by atoms with Gasteiger partial charge in [0.05, 0.1) is 17.9 Å². The summed E-state index contributed by atoms with van der Waals surface area (Å²) in [5.74, 6) is 0.289. The highest BCUT2D eigenvalue weighted by atomic mass is 79.9. The Bertz CT molecular complexity index is 549. The number of hydrogen-bond donors (Lipinski definition) is 1. The van der Waals surface area contributed by atoms with Crippen LogP contribution in [-0.2, 0) is 16.2 Å². The van der Waals surface area contributed by atoms with Crippen molar-refractivity contribution in [3.05, 3.63) is 47.0 Å². The van der Waals surface area contributed by atoms with Crippen LogP contribution in [0.5, 0.6) is 0 Å². The van der Waals surface area contributed by atoms with E-state index in [0.29, 0.717) is 13.0 Å². The zero-order valence-electron chi connectivity index (χ0n) is 14.5. The lowest BCUT2D eigenvalue weighted by Crippen LogP contribution is -2.38. The molecule has 1 unspecified atom stereocenters. The van der Waals surface area contributed by atoms with Crippen LogP contribution in [0, 0.1) is 6.92 Å². The number of carbonyl (C=O) groups excluding carboxylic acids is 1. The van der Waals surface area contributed by atoms with Gasteiger partial charge in [0.25, 0.3) is 0 Å². The minimum absolute atomic E-state index is 0.0984. The number of aryl methyl sites for hydroxylation is 1. The van der Waals surface area contributed by atoms with Gasteiger partial charge in [0.15, 0.2) is 9.44 Å². The predicted octanol–water partition coefficient (Wildman–Crippen LogP) is 4.39. The third kappa shape index (κ3) is 7.66. The summed E-state index contributed by atoms with van der Waals surface area (Å²) in [7, 11) is 0. The highest BCUT2D eigenvalue weighted by Gasteiger charge is 2.28. The van der Waals surface area contributed by atoms with E-state index in [1.807, 2.05) is 20.8 Å². The highest BCUT2D eigenvalue weighted by Crippen LogP contribution is 2.23. The summed E-state index contributed by atoms with van der Waals surface area (Å²) >= 11 is 2.16. The molecule has 1 rings (SSSR count). The molecule has 0 bridgehead atoms. The van der Waals surface area contributed by atoms with E-state index in [0.717, 1.165) is 5.57 Å². The second-order valence-corrected chi connectivity index (χ2v) is 10.8. The first kappa shape index (κ1) is 20.4. The zero-order chi connectivity index (χ0) is 17.6. The molecule has 0 spiro atoms. The Kier molecular flexibility index (Phi) is 8.01. The normalized spacial score (nSPS) is 15.3. The lowest BCUT2D eigenvalue weighted by molar-refractivity contribution is -0.114. The minimum atomic E-state index is -1.20. The van der Waals surface area contributed by atoms with Crippen molar-refractivity contribution in [2.24, 2.45) is 0 Å². The van der Waals surface area contributed by atoms with Crippen molar-refractivity contribution < 1.29 is 9.35 Å². The van der Waals surface area contributed by atoms with E-state index in [9.17, 15) is 9.35 Å². The fourth-order valence-electron chi connectivity index (χ4n) is 2.05. The van der Waals surface area contributed by atoms with Crippen LogP contribution in [0.3, 0.4) is 0 Å². The Morgan fingerprint density at radius 1 is 1.39 bits per heavy atom. The molecule has 0 aliphatic heterocycles. The third-order valence-electron chi connectivity index (χ3n) is 3.48. The number of halogens is 1. The highest BCUT2D eigenvalue weighted by molar-refractivity contribution is 9.11. The molecule has 0 aromatic heterocycles. The van der Waals surface area contributed by atoms with Gasteiger partial charge in [-0.25, -0.2) is 0 Å². The summed E-state index contributed by atoms with van der Waals surface area (Å²) in [6.07, 6.45) is 2.13. The Balaban J connectivity index is 2.52. The quantitative estimate of drug-likeness (QED) is 0.400. The topological polar surface area (TPSA) is 52.2 Å². The van der Waals surface area contributed by atoms with Crippen LogP contribution in [0.4, 0.5) is 0 Å². The van der Waals surface area contributed by atoms with Crippen LogP contribution < -0.4 is 4.72 Å². The van der Waals surface area contributed by atoms with Crippen LogP contribution >= 0.6 is 15.9 Å². The summed E-state index contributed by atoms with van der Waals surface area (Å²) in [5, 5.41) is 0. The molecule has 0 aliphatic carbocycles. The molecule has 0 aliphatic rings. The van der Waals surface area contributed by atoms with Gasteiger partial charge in [0.1, 0.15) is 0 Å². The monoisotopic (exact) mass is 399 g/mol. The third-order valence-corrected chi connectivity index (χ3v) is 5.65. The minimum Gasteiger partial charge on any atom is -0.597 e. The number of nitrogens with one attached hydrogen (secondary N) is 1. The van der Waals surface area contributed by atoms with Gasteiger partial charge in [-0.05, 0) is 61.2 Å². The molecule has 3 nitrogen and oxygen atoms in total. The van der Waals surface area contributed by atoms with Crippen molar-refractivity contribution in [3.8, 4) is 0 Å². The molecular weight excluding hydrogens is 374 g/mol. The molecule has 0 fully saturated rings. The molecule has 0 radical (unpaired) electrons. The van der Waals surface area contributed by atoms with Gasteiger partial charge < -0.3 is 4.55 Å². The molecule has 128 valence electrons. The largest absolute Gasteiger partial charge is 0.597 e. The summed E-state index contributed by atoms with van der Waals surface area (Å²) in [6, 6.07) is 8.29. The van der Waals surface area contributed by atoms with Crippen LogP contribution in [-0.4, -0.2) is 20.5 Å². The van der Waals surface area contributed by atoms with Crippen molar-refractivity contribution in [3.63, 3.8) is 0 Å². The maximum absolute atomic E-state index is 12.2. The first-order valence-electron chi connectivity index (χ1n) is 7.70. The maximum atomic E-state index is 12.2. The number of benzene rings is 1. The average molecular weight is 400 g/mol. The van der Waals surface area contributed by atoms with Crippen molar-refractivity contribution in [1.82, 2.24) is 4.72 Å². The van der Waals surface area contributed by atoms with Gasteiger partial charge in [-0.15, -0.1) is 4.72 Å². The van der Waals surface area contributed by atoms with E-state index < -0.39 is 15.0 Å². The van der Waals surface area contributed by atoms with E-state index in [1.54, 1.807) is 6.08 Å². The van der Waals surface area contributed by atoms with Crippen molar-refractivity contribution in [1.29, 1.82) is 0 Å². The van der Waals surface area contributed by atoms with E-state index in [2.05, 4.69) is 58.8 Å². The Morgan fingerprint density at radius 2 is 1.96 bits per heavy atom. The summed E-state index contributed by atoms with van der Waals surface area (Å²) in [4.78, 5) is 12.2. The molecule has 0 saturated carbocycles. The molecule has 0 saturated heterocycles. The summed E-state index contributed by atoms with van der Waals surface area (Å²) in [5.41, 5.74) is 3.28. The van der Waals surface area contributed by atoms with Gasteiger partial charge >= 0.3 is 0 Å². The molecule has 5 heteroatoms. The SMILES string of the molecule is C/C(=C\C(=O)C[C@H](C)c1ccc(C)cc1)CN[S+]([O-])C(C)(C)Br. The van der Waals surface area contributed by atoms with E-state index in [-0.39, 0.29) is 11.7 Å². The first-order valence-corrected chi connectivity index (χ1v) is 9.64. The fraction of sp³-hybridized carbons (Fsp3) is 0.500. The molecule has 0 heterocycles. The Hall–Kier alpha value is -0.620. The summed E-state index contributed by atoms with van der Waals surface area (Å²) < 4.78 is 14.3. The molecule has 0 amide bonds. The van der Waals surface area contributed by atoms with Gasteiger partial charge in [0, 0.05) is 6.42 Å². The number of alkyl halides is 1. The molecule has 1 aromatic carbocycles. The fourth-order valence-corrected chi connectivity index (χ4v) is 3.10. The Labute approximate surface area is 151 Å². The van der Waals surface area contributed by atoms with Crippen molar-refractivity contribution in [2.75, 3.05) is 6.54 Å². The van der Waals surface area contributed by atoms with Crippen LogP contribution in [0.2, 0.25) is 0 Å². The molecule has 23 heavy (non-hydrogen) atoms.